The number of unbranched alkanes of at least 4 members (excludes halogenated alkanes) is 8. The fraction of sp³-hybridized carbons (Fsp3) is 0.615. The van der Waals surface area contributed by atoms with Crippen molar-refractivity contribution in [3.05, 3.63) is 53.6 Å². The summed E-state index contributed by atoms with van der Waals surface area (Å²) in [4.78, 5) is 14.9. The molecule has 1 atom stereocenters. The quantitative estimate of drug-likeness (QED) is 0.277. The second-order valence-electron chi connectivity index (χ2n) is 8.52. The standard InChI is InChI=1S/C26H40N2O2.BrH/c1-3-5-6-7-8-9-10-11-12-13-24(28-19-18-27-21-28)17-16-23-15-14-22(4-2)20-25(23)26(29)30;/h14-15,18-21,24H,3-13,16-17H2,1-2H3,(H,29,30);1H. The molecule has 0 aliphatic heterocycles. The molecule has 2 aromatic rings. The maximum Gasteiger partial charge on any atom is 0.335 e. The molecule has 1 aromatic heterocycles. The molecule has 4 nitrogen and oxygen atoms in total. The van der Waals surface area contributed by atoms with Crippen molar-refractivity contribution in [2.45, 2.75) is 103 Å². The van der Waals surface area contributed by atoms with Crippen LogP contribution in [-0.2, 0) is 12.8 Å². The third kappa shape index (κ3) is 10.0. The van der Waals surface area contributed by atoms with Gasteiger partial charge in [-0.05, 0) is 49.3 Å². The van der Waals surface area contributed by atoms with Gasteiger partial charge < -0.3 is 22.1 Å². The molecule has 0 spiro atoms. The van der Waals surface area contributed by atoms with Crippen molar-refractivity contribution in [3.63, 3.8) is 0 Å². The van der Waals surface area contributed by atoms with E-state index in [-0.39, 0.29) is 17.0 Å². The zero-order valence-electron chi connectivity index (χ0n) is 19.4. The first-order valence-corrected chi connectivity index (χ1v) is 12.0. The molecule has 1 aromatic carbocycles. The van der Waals surface area contributed by atoms with Crippen LogP contribution in [-0.4, -0.2) is 16.1 Å². The van der Waals surface area contributed by atoms with E-state index in [1.807, 2.05) is 24.7 Å². The van der Waals surface area contributed by atoms with E-state index in [1.54, 1.807) is 0 Å². The van der Waals surface area contributed by atoms with Crippen molar-refractivity contribution in [1.29, 1.82) is 0 Å². The molecule has 2 rings (SSSR count). The monoisotopic (exact) mass is 492 g/mol. The predicted octanol–water partition coefficient (Wildman–Crippen LogP) is 3.66. The topological polar surface area (TPSA) is 57.0 Å². The van der Waals surface area contributed by atoms with E-state index < -0.39 is 5.97 Å². The minimum Gasteiger partial charge on any atom is -1.00 e. The van der Waals surface area contributed by atoms with Gasteiger partial charge in [0.25, 0.3) is 0 Å². The van der Waals surface area contributed by atoms with E-state index in [0.29, 0.717) is 11.6 Å². The Balaban J connectivity index is 0.00000480. The Bertz CT molecular complexity index is 731. The van der Waals surface area contributed by atoms with Crippen LogP contribution >= 0.6 is 0 Å². The molecule has 0 bridgehead atoms. The number of hydrogen-bond donors (Lipinski definition) is 2. The van der Waals surface area contributed by atoms with Crippen LogP contribution in [0.25, 0.3) is 0 Å². The molecule has 1 heterocycles. The van der Waals surface area contributed by atoms with Gasteiger partial charge in [-0.2, -0.15) is 0 Å². The molecule has 31 heavy (non-hydrogen) atoms. The number of nitrogens with one attached hydrogen (secondary N) is 1. The molecule has 0 saturated carbocycles. The van der Waals surface area contributed by atoms with Gasteiger partial charge in [0.1, 0.15) is 18.4 Å². The number of rotatable bonds is 16. The Kier molecular flexibility index (Phi) is 14.2. The van der Waals surface area contributed by atoms with E-state index in [4.69, 9.17) is 0 Å². The van der Waals surface area contributed by atoms with Crippen LogP contribution in [0.4, 0.5) is 0 Å². The molecule has 0 saturated heterocycles. The summed E-state index contributed by atoms with van der Waals surface area (Å²) in [7, 11) is 0. The molecule has 1 unspecified atom stereocenters. The van der Waals surface area contributed by atoms with Crippen LogP contribution in [0.5, 0.6) is 0 Å². The summed E-state index contributed by atoms with van der Waals surface area (Å²) in [6.07, 6.45) is 21.9. The van der Waals surface area contributed by atoms with Crippen molar-refractivity contribution < 1.29 is 31.4 Å². The molecular formula is C26H41BrN2O2. The van der Waals surface area contributed by atoms with Crippen LogP contribution in [0.15, 0.2) is 36.9 Å². The van der Waals surface area contributed by atoms with Crippen LogP contribution < -0.4 is 21.5 Å². The highest BCUT2D eigenvalue weighted by molar-refractivity contribution is 5.89. The number of imidazole rings is 1. The lowest BCUT2D eigenvalue weighted by atomic mass is 9.95. The van der Waals surface area contributed by atoms with Gasteiger partial charge in [0.15, 0.2) is 0 Å². The maximum atomic E-state index is 11.7. The Hall–Kier alpha value is -1.62. The summed E-state index contributed by atoms with van der Waals surface area (Å²) in [5.74, 6) is -0.815. The highest BCUT2D eigenvalue weighted by atomic mass is 79.9. The van der Waals surface area contributed by atoms with Gasteiger partial charge in [0.05, 0.1) is 5.56 Å². The number of aromatic carboxylic acids is 1. The van der Waals surface area contributed by atoms with Crippen LogP contribution in [0, 0.1) is 0 Å². The highest BCUT2D eigenvalue weighted by Gasteiger charge is 2.18. The maximum absolute atomic E-state index is 11.7. The molecule has 2 N–H and O–H groups in total. The van der Waals surface area contributed by atoms with Crippen LogP contribution in [0.2, 0.25) is 0 Å². The minimum absolute atomic E-state index is 0. The van der Waals surface area contributed by atoms with E-state index in [1.165, 1.54) is 57.8 Å². The third-order valence-electron chi connectivity index (χ3n) is 6.19. The highest BCUT2D eigenvalue weighted by Crippen LogP contribution is 2.21. The number of halogens is 1. The average Bonchev–Trinajstić information content (AvgIpc) is 3.29. The Labute approximate surface area is 199 Å². The smallest absolute Gasteiger partial charge is 0.335 e. The number of benzene rings is 1. The van der Waals surface area contributed by atoms with E-state index in [0.717, 1.165) is 36.8 Å². The Morgan fingerprint density at radius 2 is 1.68 bits per heavy atom. The molecule has 0 amide bonds. The van der Waals surface area contributed by atoms with Gasteiger partial charge in [-0.15, -0.1) is 0 Å². The first-order valence-electron chi connectivity index (χ1n) is 12.0. The van der Waals surface area contributed by atoms with Crippen molar-refractivity contribution >= 4 is 5.97 Å². The van der Waals surface area contributed by atoms with Crippen LogP contribution in [0.1, 0.15) is 112 Å². The average molecular weight is 494 g/mol. The summed E-state index contributed by atoms with van der Waals surface area (Å²) < 4.78 is 2.26. The van der Waals surface area contributed by atoms with Gasteiger partial charge >= 0.3 is 5.97 Å². The molecular weight excluding hydrogens is 452 g/mol. The number of hydrogen-bond acceptors (Lipinski definition) is 1. The molecule has 0 aliphatic rings. The minimum atomic E-state index is -0.815. The number of carbonyl (C=O) groups is 1. The fourth-order valence-electron chi connectivity index (χ4n) is 4.24. The second-order valence-corrected chi connectivity index (χ2v) is 8.52. The number of aromatic amines is 1. The van der Waals surface area contributed by atoms with Gasteiger partial charge in [-0.3, -0.25) is 4.98 Å². The fourth-order valence-corrected chi connectivity index (χ4v) is 4.24. The number of carboxylic acid groups (broad SMARTS) is 1. The molecule has 0 radical (unpaired) electrons. The largest absolute Gasteiger partial charge is 1.00 e. The lowest BCUT2D eigenvalue weighted by molar-refractivity contribution is -0.723. The number of H-pyrrole nitrogens is 1. The van der Waals surface area contributed by atoms with E-state index in [2.05, 4.69) is 35.7 Å². The summed E-state index contributed by atoms with van der Waals surface area (Å²) in [6, 6.07) is 6.34. The lowest BCUT2D eigenvalue weighted by Gasteiger charge is -2.15. The lowest BCUT2D eigenvalue weighted by Crippen LogP contribution is -3.00. The van der Waals surface area contributed by atoms with Gasteiger partial charge in [0.2, 0.25) is 6.33 Å². The van der Waals surface area contributed by atoms with Crippen LogP contribution in [0.3, 0.4) is 0 Å². The Morgan fingerprint density at radius 3 is 2.26 bits per heavy atom. The Morgan fingerprint density at radius 1 is 1.00 bits per heavy atom. The molecule has 0 aliphatic carbocycles. The summed E-state index contributed by atoms with van der Waals surface area (Å²) >= 11 is 0. The van der Waals surface area contributed by atoms with Crippen molar-refractivity contribution in [3.8, 4) is 0 Å². The third-order valence-corrected chi connectivity index (χ3v) is 6.19. The number of aromatic nitrogens is 2. The predicted molar refractivity (Wildman–Crippen MR) is 123 cm³/mol. The summed E-state index contributed by atoms with van der Waals surface area (Å²) in [5.41, 5.74) is 2.51. The van der Waals surface area contributed by atoms with Gasteiger partial charge in [0, 0.05) is 0 Å². The molecule has 174 valence electrons. The normalized spacial score (nSPS) is 11.8. The van der Waals surface area contributed by atoms with E-state index in [9.17, 15) is 9.90 Å². The van der Waals surface area contributed by atoms with E-state index >= 15 is 0 Å². The van der Waals surface area contributed by atoms with Crippen molar-refractivity contribution in [1.82, 2.24) is 4.98 Å². The number of aryl methyl sites for hydroxylation is 2. The zero-order chi connectivity index (χ0) is 21.6. The molecule has 0 fully saturated rings. The number of carboxylic acids is 1. The zero-order valence-corrected chi connectivity index (χ0v) is 21.0. The SMILES string of the molecule is CCCCCCCCCCCC(CCc1ccc(CC)cc1C(=O)O)[n+]1cc[nH]c1.[Br-]. The summed E-state index contributed by atoms with van der Waals surface area (Å²) in [6.45, 7) is 4.33. The van der Waals surface area contributed by atoms with Gasteiger partial charge in [-0.25, -0.2) is 9.36 Å². The first kappa shape index (κ1) is 27.4. The first-order chi connectivity index (χ1) is 14.7. The second kappa shape index (κ2) is 16.1. The van der Waals surface area contributed by atoms with Crippen molar-refractivity contribution in [2.75, 3.05) is 0 Å². The molecule has 5 heteroatoms. The number of nitrogens with zero attached hydrogens (tertiary/aromatic N) is 1. The van der Waals surface area contributed by atoms with Crippen molar-refractivity contribution in [2.24, 2.45) is 0 Å². The van der Waals surface area contributed by atoms with Gasteiger partial charge in [-0.1, -0.05) is 77.3 Å². The summed E-state index contributed by atoms with van der Waals surface area (Å²) in [5, 5.41) is 9.62.